The van der Waals surface area contributed by atoms with E-state index < -0.39 is 10.0 Å². The number of ether oxygens (including phenoxy) is 1. The quantitative estimate of drug-likeness (QED) is 0.651. The smallest absolute Gasteiger partial charge is 0.266 e. The fourth-order valence-electron chi connectivity index (χ4n) is 2.44. The first kappa shape index (κ1) is 19.3. The van der Waals surface area contributed by atoms with Crippen molar-refractivity contribution in [1.29, 1.82) is 0 Å². The number of methoxy groups -OCH3 is 1. The summed E-state index contributed by atoms with van der Waals surface area (Å²) in [7, 11) is -1.99. The van der Waals surface area contributed by atoms with Crippen LogP contribution >= 0.6 is 11.3 Å². The van der Waals surface area contributed by atoms with Crippen LogP contribution in [0.15, 0.2) is 57.5 Å². The van der Waals surface area contributed by atoms with Gasteiger partial charge in [0.05, 0.1) is 19.3 Å². The predicted molar refractivity (Wildman–Crippen MR) is 105 cm³/mol. The summed E-state index contributed by atoms with van der Waals surface area (Å²) in [4.78, 5) is 13.0. The maximum absolute atomic E-state index is 12.2. The Kier molecular flexibility index (Phi) is 5.73. The highest BCUT2D eigenvalue weighted by atomic mass is 32.2. The lowest BCUT2D eigenvalue weighted by Crippen LogP contribution is -2.31. The van der Waals surface area contributed by atoms with Gasteiger partial charge in [-0.1, -0.05) is 0 Å². The number of aromatic nitrogens is 2. The number of sulfonamides is 1. The van der Waals surface area contributed by atoms with Crippen LogP contribution in [-0.4, -0.2) is 31.9 Å². The van der Waals surface area contributed by atoms with Gasteiger partial charge < -0.3 is 4.74 Å². The maximum atomic E-state index is 12.2. The Hall–Kier alpha value is -2.49. The number of aryl methyl sites for hydroxylation is 1. The van der Waals surface area contributed by atoms with E-state index in [1.807, 2.05) is 31.2 Å². The van der Waals surface area contributed by atoms with Gasteiger partial charge in [-0.05, 0) is 49.4 Å². The van der Waals surface area contributed by atoms with Gasteiger partial charge in [0.15, 0.2) is 0 Å². The molecule has 0 saturated heterocycles. The first-order chi connectivity index (χ1) is 12.9. The third kappa shape index (κ3) is 4.62. The van der Waals surface area contributed by atoms with Gasteiger partial charge in [0.2, 0.25) is 10.0 Å². The SMILES string of the molecule is COc1ccc(-c2ccc(=O)n(CCNS(=O)(=O)c3ccc(C)s3)n2)cc1. The van der Waals surface area contributed by atoms with Gasteiger partial charge in [-0.3, -0.25) is 4.79 Å². The second kappa shape index (κ2) is 8.03. The van der Waals surface area contributed by atoms with Crippen molar-refractivity contribution in [1.82, 2.24) is 14.5 Å². The molecule has 1 N–H and O–H groups in total. The van der Waals surface area contributed by atoms with Crippen molar-refractivity contribution in [2.75, 3.05) is 13.7 Å². The second-order valence-corrected chi connectivity index (χ2v) is 9.05. The summed E-state index contributed by atoms with van der Waals surface area (Å²) in [5.41, 5.74) is 1.16. The topological polar surface area (TPSA) is 90.3 Å². The van der Waals surface area contributed by atoms with Crippen LogP contribution in [0.2, 0.25) is 0 Å². The highest BCUT2D eigenvalue weighted by Gasteiger charge is 2.15. The van der Waals surface area contributed by atoms with Crippen molar-refractivity contribution in [3.8, 4) is 17.0 Å². The first-order valence-electron chi connectivity index (χ1n) is 8.18. The zero-order valence-electron chi connectivity index (χ0n) is 14.9. The summed E-state index contributed by atoms with van der Waals surface area (Å²) in [5, 5.41) is 4.33. The number of hydrogen-bond acceptors (Lipinski definition) is 6. The number of benzene rings is 1. The molecule has 0 fully saturated rings. The van der Waals surface area contributed by atoms with Crippen LogP contribution in [0, 0.1) is 6.92 Å². The monoisotopic (exact) mass is 405 g/mol. The first-order valence-corrected chi connectivity index (χ1v) is 10.5. The fourth-order valence-corrected chi connectivity index (χ4v) is 4.79. The zero-order valence-corrected chi connectivity index (χ0v) is 16.5. The molecule has 0 unspecified atom stereocenters. The number of nitrogens with one attached hydrogen (secondary N) is 1. The fraction of sp³-hybridized carbons (Fsp3) is 0.222. The van der Waals surface area contributed by atoms with Gasteiger partial charge in [-0.2, -0.15) is 5.10 Å². The molecule has 0 bridgehead atoms. The van der Waals surface area contributed by atoms with Crippen molar-refractivity contribution < 1.29 is 13.2 Å². The predicted octanol–water partition coefficient (Wildman–Crippen LogP) is 2.27. The van der Waals surface area contributed by atoms with Crippen LogP contribution in [0.3, 0.4) is 0 Å². The lowest BCUT2D eigenvalue weighted by atomic mass is 10.1. The molecule has 0 aliphatic heterocycles. The molecule has 0 aliphatic carbocycles. The molecule has 3 aromatic rings. The number of hydrogen-bond donors (Lipinski definition) is 1. The Bertz CT molecular complexity index is 1090. The minimum atomic E-state index is -3.58. The molecule has 1 aromatic carbocycles. The standard InChI is InChI=1S/C18H19N3O4S2/c1-13-3-10-18(26-13)27(23,24)19-11-12-21-17(22)9-8-16(20-21)14-4-6-15(25-2)7-5-14/h3-10,19H,11-12H2,1-2H3. The summed E-state index contributed by atoms with van der Waals surface area (Å²) >= 11 is 1.20. The van der Waals surface area contributed by atoms with Crippen molar-refractivity contribution in [3.05, 3.63) is 63.8 Å². The van der Waals surface area contributed by atoms with E-state index in [-0.39, 0.29) is 22.9 Å². The molecule has 27 heavy (non-hydrogen) atoms. The third-order valence-electron chi connectivity index (χ3n) is 3.85. The molecule has 7 nitrogen and oxygen atoms in total. The Morgan fingerprint density at radius 1 is 1.11 bits per heavy atom. The Morgan fingerprint density at radius 3 is 2.48 bits per heavy atom. The molecule has 2 heterocycles. The van der Waals surface area contributed by atoms with E-state index in [2.05, 4.69) is 9.82 Å². The number of nitrogens with zero attached hydrogens (tertiary/aromatic N) is 2. The van der Waals surface area contributed by atoms with E-state index in [0.717, 1.165) is 16.2 Å². The summed E-state index contributed by atoms with van der Waals surface area (Å²) in [6.07, 6.45) is 0. The molecule has 3 rings (SSSR count). The summed E-state index contributed by atoms with van der Waals surface area (Å²) in [5.74, 6) is 0.727. The Balaban J connectivity index is 1.72. The van der Waals surface area contributed by atoms with Crippen molar-refractivity contribution in [3.63, 3.8) is 0 Å². The third-order valence-corrected chi connectivity index (χ3v) is 6.80. The summed E-state index contributed by atoms with van der Waals surface area (Å²) in [6, 6.07) is 13.7. The lowest BCUT2D eigenvalue weighted by Gasteiger charge is -2.09. The van der Waals surface area contributed by atoms with Gasteiger partial charge in [0.25, 0.3) is 5.56 Å². The highest BCUT2D eigenvalue weighted by molar-refractivity contribution is 7.91. The molecule has 0 aliphatic rings. The van der Waals surface area contributed by atoms with Crippen LogP contribution in [0.5, 0.6) is 5.75 Å². The van der Waals surface area contributed by atoms with E-state index in [9.17, 15) is 13.2 Å². The van der Waals surface area contributed by atoms with Crippen molar-refractivity contribution >= 4 is 21.4 Å². The van der Waals surface area contributed by atoms with Crippen LogP contribution in [0.4, 0.5) is 0 Å². The average molecular weight is 406 g/mol. The van der Waals surface area contributed by atoms with Crippen molar-refractivity contribution in [2.45, 2.75) is 17.7 Å². The molecule has 0 saturated carbocycles. The molecular formula is C18H19N3O4S2. The second-order valence-electron chi connectivity index (χ2n) is 5.77. The minimum Gasteiger partial charge on any atom is -0.497 e. The summed E-state index contributed by atoms with van der Waals surface area (Å²) < 4.78 is 33.6. The summed E-state index contributed by atoms with van der Waals surface area (Å²) in [6.45, 7) is 2.04. The van der Waals surface area contributed by atoms with Gasteiger partial charge in [-0.15, -0.1) is 11.3 Å². The van der Waals surface area contributed by atoms with Crippen LogP contribution in [0.25, 0.3) is 11.3 Å². The molecule has 9 heteroatoms. The van der Waals surface area contributed by atoms with Gasteiger partial charge in [-0.25, -0.2) is 17.8 Å². The molecule has 0 spiro atoms. The molecule has 0 amide bonds. The van der Waals surface area contributed by atoms with Crippen LogP contribution in [-0.2, 0) is 16.6 Å². The Morgan fingerprint density at radius 2 is 1.85 bits per heavy atom. The average Bonchev–Trinajstić information content (AvgIpc) is 3.11. The number of rotatable bonds is 7. The van der Waals surface area contributed by atoms with E-state index in [0.29, 0.717) is 5.69 Å². The van der Waals surface area contributed by atoms with Crippen LogP contribution < -0.4 is 15.0 Å². The lowest BCUT2D eigenvalue weighted by molar-refractivity contribution is 0.415. The van der Waals surface area contributed by atoms with Gasteiger partial charge in [0, 0.05) is 23.1 Å². The largest absolute Gasteiger partial charge is 0.497 e. The van der Waals surface area contributed by atoms with Gasteiger partial charge in [0.1, 0.15) is 9.96 Å². The molecule has 142 valence electrons. The van der Waals surface area contributed by atoms with Crippen LogP contribution in [0.1, 0.15) is 4.88 Å². The molecule has 2 aromatic heterocycles. The highest BCUT2D eigenvalue weighted by Crippen LogP contribution is 2.20. The Labute approximate surface area is 161 Å². The molecule has 0 radical (unpaired) electrons. The van der Waals surface area contributed by atoms with E-state index >= 15 is 0 Å². The maximum Gasteiger partial charge on any atom is 0.266 e. The van der Waals surface area contributed by atoms with Crippen molar-refractivity contribution in [2.24, 2.45) is 0 Å². The number of thiophene rings is 1. The molecule has 0 atom stereocenters. The zero-order chi connectivity index (χ0) is 19.4. The minimum absolute atomic E-state index is 0.0677. The van der Waals surface area contributed by atoms with E-state index in [4.69, 9.17) is 4.74 Å². The van der Waals surface area contributed by atoms with Gasteiger partial charge >= 0.3 is 0 Å². The van der Waals surface area contributed by atoms with E-state index in [1.54, 1.807) is 25.3 Å². The van der Waals surface area contributed by atoms with E-state index in [1.165, 1.54) is 22.1 Å². The molecular weight excluding hydrogens is 386 g/mol. The normalized spacial score (nSPS) is 11.5.